The van der Waals surface area contributed by atoms with Gasteiger partial charge in [-0.3, -0.25) is 4.57 Å². The van der Waals surface area contributed by atoms with Crippen molar-refractivity contribution < 1.29 is 9.47 Å². The standard InChI is InChI=1S/C14H13N3O2/c1-9-12-8-11(18-2)5-4-10(12)6-7-17-13(9)15-16-14(17)19-3/h4-8H,1H2,2-3H3. The first-order valence-electron chi connectivity index (χ1n) is 5.79. The molecule has 96 valence electrons. The maximum atomic E-state index is 5.25. The number of ether oxygens (including phenoxy) is 2. The zero-order valence-electron chi connectivity index (χ0n) is 10.8. The molecule has 0 bridgehead atoms. The molecule has 1 aromatic carbocycles. The summed E-state index contributed by atoms with van der Waals surface area (Å²) in [4.78, 5) is 0. The first-order valence-corrected chi connectivity index (χ1v) is 5.79. The number of aromatic nitrogens is 3. The number of nitrogens with zero attached hydrogens (tertiary/aromatic N) is 3. The van der Waals surface area contributed by atoms with Gasteiger partial charge >= 0.3 is 6.01 Å². The molecule has 0 saturated heterocycles. The van der Waals surface area contributed by atoms with E-state index in [2.05, 4.69) is 16.8 Å². The van der Waals surface area contributed by atoms with Crippen LogP contribution in [0.15, 0.2) is 24.8 Å². The maximum absolute atomic E-state index is 5.25. The third-order valence-corrected chi connectivity index (χ3v) is 3.11. The van der Waals surface area contributed by atoms with Crippen LogP contribution in [0, 0.1) is 0 Å². The van der Waals surface area contributed by atoms with Gasteiger partial charge in [0.05, 0.1) is 14.2 Å². The smallest absolute Gasteiger partial charge is 0.321 e. The van der Waals surface area contributed by atoms with Crippen LogP contribution in [0.5, 0.6) is 11.8 Å². The molecule has 0 saturated carbocycles. The van der Waals surface area contributed by atoms with Crippen LogP contribution in [0.25, 0.3) is 17.8 Å². The van der Waals surface area contributed by atoms with Crippen LogP contribution in [0.1, 0.15) is 17.0 Å². The Morgan fingerprint density at radius 2 is 2.00 bits per heavy atom. The van der Waals surface area contributed by atoms with Crippen LogP contribution in [0.4, 0.5) is 0 Å². The molecule has 0 unspecified atom stereocenters. The van der Waals surface area contributed by atoms with E-state index in [1.165, 1.54) is 0 Å². The molecule has 0 fully saturated rings. The SMILES string of the molecule is C=C1c2cc(OC)ccc2C=Cn2c(OC)nnc21. The fraction of sp³-hybridized carbons (Fsp3) is 0.143. The molecular formula is C14H13N3O2. The lowest BCUT2D eigenvalue weighted by atomic mass is 10.0. The van der Waals surface area contributed by atoms with Crippen molar-refractivity contribution in [3.63, 3.8) is 0 Å². The van der Waals surface area contributed by atoms with E-state index < -0.39 is 0 Å². The summed E-state index contributed by atoms with van der Waals surface area (Å²) in [5.41, 5.74) is 2.82. The number of fused-ring (bicyclic) bond motifs is 2. The van der Waals surface area contributed by atoms with Crippen molar-refractivity contribution in [2.24, 2.45) is 0 Å². The third kappa shape index (κ3) is 1.71. The molecule has 0 atom stereocenters. The predicted molar refractivity (Wildman–Crippen MR) is 72.9 cm³/mol. The minimum absolute atomic E-state index is 0.437. The molecule has 1 aliphatic heterocycles. The van der Waals surface area contributed by atoms with Crippen LogP contribution in [-0.2, 0) is 0 Å². The summed E-state index contributed by atoms with van der Waals surface area (Å²) < 4.78 is 12.2. The van der Waals surface area contributed by atoms with E-state index in [1.54, 1.807) is 18.8 Å². The summed E-state index contributed by atoms with van der Waals surface area (Å²) in [6.45, 7) is 4.11. The topological polar surface area (TPSA) is 49.2 Å². The Morgan fingerprint density at radius 3 is 2.74 bits per heavy atom. The van der Waals surface area contributed by atoms with Gasteiger partial charge in [0.15, 0.2) is 5.82 Å². The molecule has 5 heteroatoms. The Labute approximate surface area is 110 Å². The van der Waals surface area contributed by atoms with E-state index in [0.717, 1.165) is 22.4 Å². The van der Waals surface area contributed by atoms with Crippen LogP contribution < -0.4 is 9.47 Å². The van der Waals surface area contributed by atoms with Gasteiger partial charge in [-0.15, -0.1) is 5.10 Å². The molecule has 1 aromatic heterocycles. The molecule has 0 amide bonds. The molecule has 0 N–H and O–H groups in total. The second-order valence-corrected chi connectivity index (χ2v) is 4.13. The second-order valence-electron chi connectivity index (χ2n) is 4.13. The van der Waals surface area contributed by atoms with E-state index in [-0.39, 0.29) is 0 Å². The Bertz CT molecular complexity index is 686. The van der Waals surface area contributed by atoms with Crippen molar-refractivity contribution in [1.29, 1.82) is 0 Å². The Morgan fingerprint density at radius 1 is 1.16 bits per heavy atom. The van der Waals surface area contributed by atoms with Crippen LogP contribution in [0.3, 0.4) is 0 Å². The number of hydrogen-bond acceptors (Lipinski definition) is 4. The zero-order valence-corrected chi connectivity index (χ0v) is 10.8. The summed E-state index contributed by atoms with van der Waals surface area (Å²) in [6.07, 6.45) is 3.85. The van der Waals surface area contributed by atoms with Gasteiger partial charge in [-0.05, 0) is 29.3 Å². The highest BCUT2D eigenvalue weighted by Crippen LogP contribution is 2.32. The van der Waals surface area contributed by atoms with Gasteiger partial charge in [-0.25, -0.2) is 0 Å². The van der Waals surface area contributed by atoms with Gasteiger partial charge in [-0.1, -0.05) is 17.7 Å². The summed E-state index contributed by atoms with van der Waals surface area (Å²) in [5.74, 6) is 1.45. The first-order chi connectivity index (χ1) is 9.24. The van der Waals surface area contributed by atoms with Gasteiger partial charge in [0, 0.05) is 11.8 Å². The predicted octanol–water partition coefficient (Wildman–Crippen LogP) is 2.30. The van der Waals surface area contributed by atoms with E-state index in [4.69, 9.17) is 9.47 Å². The molecule has 1 aliphatic rings. The fourth-order valence-corrected chi connectivity index (χ4v) is 2.10. The van der Waals surface area contributed by atoms with Gasteiger partial charge in [0.2, 0.25) is 0 Å². The van der Waals surface area contributed by atoms with Gasteiger partial charge in [0.25, 0.3) is 0 Å². The number of rotatable bonds is 2. The Kier molecular flexibility index (Phi) is 2.59. The van der Waals surface area contributed by atoms with Crippen molar-refractivity contribution in [3.05, 3.63) is 41.7 Å². The van der Waals surface area contributed by atoms with E-state index in [1.807, 2.05) is 30.5 Å². The van der Waals surface area contributed by atoms with Crippen LogP contribution >= 0.6 is 0 Å². The average molecular weight is 255 g/mol. The summed E-state index contributed by atoms with van der Waals surface area (Å²) in [6, 6.07) is 6.29. The Balaban J connectivity index is 2.20. The van der Waals surface area contributed by atoms with Crippen molar-refractivity contribution in [3.8, 4) is 11.8 Å². The lowest BCUT2D eigenvalue weighted by Crippen LogP contribution is -1.98. The van der Waals surface area contributed by atoms with Crippen molar-refractivity contribution in [2.75, 3.05) is 14.2 Å². The average Bonchev–Trinajstić information content (AvgIpc) is 2.81. The monoisotopic (exact) mass is 255 g/mol. The fourth-order valence-electron chi connectivity index (χ4n) is 2.10. The molecule has 19 heavy (non-hydrogen) atoms. The third-order valence-electron chi connectivity index (χ3n) is 3.11. The minimum Gasteiger partial charge on any atom is -0.497 e. The highest BCUT2D eigenvalue weighted by Gasteiger charge is 2.19. The van der Waals surface area contributed by atoms with Crippen molar-refractivity contribution in [1.82, 2.24) is 14.8 Å². The normalized spacial score (nSPS) is 12.6. The van der Waals surface area contributed by atoms with Crippen molar-refractivity contribution in [2.45, 2.75) is 0 Å². The van der Waals surface area contributed by atoms with Gasteiger partial charge in [-0.2, -0.15) is 0 Å². The number of hydrogen-bond donors (Lipinski definition) is 0. The van der Waals surface area contributed by atoms with E-state index in [0.29, 0.717) is 11.8 Å². The lowest BCUT2D eigenvalue weighted by molar-refractivity contribution is 0.374. The maximum Gasteiger partial charge on any atom is 0.321 e. The largest absolute Gasteiger partial charge is 0.497 e. The van der Waals surface area contributed by atoms with Crippen molar-refractivity contribution >= 4 is 17.8 Å². The van der Waals surface area contributed by atoms with Gasteiger partial charge < -0.3 is 9.47 Å². The summed E-state index contributed by atoms with van der Waals surface area (Å²) in [7, 11) is 3.21. The molecule has 2 heterocycles. The van der Waals surface area contributed by atoms with E-state index >= 15 is 0 Å². The summed E-state index contributed by atoms with van der Waals surface area (Å²) >= 11 is 0. The first kappa shape index (κ1) is 11.5. The number of benzene rings is 1. The molecule has 5 nitrogen and oxygen atoms in total. The molecule has 0 spiro atoms. The molecule has 3 rings (SSSR count). The number of methoxy groups -OCH3 is 2. The van der Waals surface area contributed by atoms with E-state index in [9.17, 15) is 0 Å². The molecule has 2 aromatic rings. The lowest BCUT2D eigenvalue weighted by Gasteiger charge is -2.08. The zero-order chi connectivity index (χ0) is 13.4. The molecular weight excluding hydrogens is 242 g/mol. The van der Waals surface area contributed by atoms with Crippen LogP contribution in [0.2, 0.25) is 0 Å². The highest BCUT2D eigenvalue weighted by molar-refractivity contribution is 5.86. The second kappa shape index (κ2) is 4.28. The van der Waals surface area contributed by atoms with Crippen LogP contribution in [-0.4, -0.2) is 29.0 Å². The minimum atomic E-state index is 0.437. The quantitative estimate of drug-likeness (QED) is 0.705. The molecule has 0 aliphatic carbocycles. The van der Waals surface area contributed by atoms with Gasteiger partial charge in [0.1, 0.15) is 5.75 Å². The Hall–Kier alpha value is -2.56. The molecule has 0 radical (unpaired) electrons. The highest BCUT2D eigenvalue weighted by atomic mass is 16.5. The summed E-state index contributed by atoms with van der Waals surface area (Å²) in [5, 5.41) is 8.09.